The van der Waals surface area contributed by atoms with Gasteiger partial charge >= 0.3 is 0 Å². The van der Waals surface area contributed by atoms with Crippen LogP contribution in [0.25, 0.3) is 0 Å². The van der Waals surface area contributed by atoms with Crippen LogP contribution in [0.5, 0.6) is 0 Å². The Hall–Kier alpha value is -1.83. The van der Waals surface area contributed by atoms with E-state index in [0.29, 0.717) is 11.6 Å². The van der Waals surface area contributed by atoms with Crippen molar-refractivity contribution < 1.29 is 13.2 Å². The Morgan fingerprint density at radius 3 is 1.96 bits per heavy atom. The number of anilines is 1. The summed E-state index contributed by atoms with van der Waals surface area (Å²) < 4.78 is 26.8. The highest BCUT2D eigenvalue weighted by Gasteiger charge is 2.17. The zero-order chi connectivity index (χ0) is 20.9. The number of rotatable bonds is 8. The maximum absolute atomic E-state index is 12.5. The summed E-state index contributed by atoms with van der Waals surface area (Å²) in [5.41, 5.74) is 1.83. The molecule has 7 heteroatoms. The molecule has 0 aliphatic carbocycles. The smallest absolute Gasteiger partial charge is 0.240 e. The Morgan fingerprint density at radius 1 is 0.893 bits per heavy atom. The molecule has 0 aliphatic rings. The first-order valence-corrected chi connectivity index (χ1v) is 11.6. The van der Waals surface area contributed by atoms with E-state index in [4.69, 9.17) is 0 Å². The molecular weight excluding hydrogens is 392 g/mol. The van der Waals surface area contributed by atoms with Crippen LogP contribution in [-0.4, -0.2) is 25.6 Å². The maximum atomic E-state index is 12.5. The van der Waals surface area contributed by atoms with Crippen LogP contribution >= 0.6 is 11.8 Å². The van der Waals surface area contributed by atoms with E-state index in [9.17, 15) is 13.2 Å². The van der Waals surface area contributed by atoms with E-state index in [1.54, 1.807) is 26.0 Å². The summed E-state index contributed by atoms with van der Waals surface area (Å²) in [6, 6.07) is 14.2. The van der Waals surface area contributed by atoms with Crippen LogP contribution in [0.3, 0.4) is 0 Å². The van der Waals surface area contributed by atoms with E-state index < -0.39 is 10.0 Å². The number of hydrogen-bond donors (Lipinski definition) is 2. The van der Waals surface area contributed by atoms with Crippen molar-refractivity contribution in [2.75, 3.05) is 5.32 Å². The molecule has 2 rings (SSSR count). The number of carbonyl (C=O) groups excluding carboxylic acids is 1. The fourth-order valence-corrected chi connectivity index (χ4v) is 4.65. The van der Waals surface area contributed by atoms with Crippen LogP contribution in [0.15, 0.2) is 58.3 Å². The number of thioether (sulfide) groups is 1. The van der Waals surface area contributed by atoms with Gasteiger partial charge in [0.25, 0.3) is 0 Å². The summed E-state index contributed by atoms with van der Waals surface area (Å²) in [5.74, 6) is 0.344. The largest absolute Gasteiger partial charge is 0.325 e. The fourth-order valence-electron chi connectivity index (χ4n) is 2.53. The quantitative estimate of drug-likeness (QED) is 0.611. The van der Waals surface area contributed by atoms with Gasteiger partial charge < -0.3 is 5.32 Å². The third-order valence-corrected chi connectivity index (χ3v) is 6.84. The van der Waals surface area contributed by atoms with Crippen LogP contribution in [0.1, 0.15) is 46.1 Å². The second-order valence-corrected chi connectivity index (χ2v) is 10.4. The van der Waals surface area contributed by atoms with Crippen molar-refractivity contribution in [1.29, 1.82) is 0 Å². The Labute approximate surface area is 172 Å². The first kappa shape index (κ1) is 22.5. The Balaban J connectivity index is 1.98. The molecule has 152 valence electrons. The minimum absolute atomic E-state index is 0.131. The van der Waals surface area contributed by atoms with Crippen LogP contribution < -0.4 is 10.0 Å². The van der Waals surface area contributed by atoms with Crippen LogP contribution in [-0.2, 0) is 14.8 Å². The molecule has 1 unspecified atom stereocenters. The average molecular weight is 421 g/mol. The fraction of sp³-hybridized carbons (Fsp3) is 0.381. The van der Waals surface area contributed by atoms with E-state index in [2.05, 4.69) is 36.0 Å². The van der Waals surface area contributed by atoms with Gasteiger partial charge in [0.05, 0.1) is 10.1 Å². The number of sulfonamides is 1. The Morgan fingerprint density at radius 2 is 1.46 bits per heavy atom. The average Bonchev–Trinajstić information content (AvgIpc) is 2.61. The van der Waals surface area contributed by atoms with Gasteiger partial charge in [0.15, 0.2) is 0 Å². The third kappa shape index (κ3) is 6.36. The van der Waals surface area contributed by atoms with Crippen molar-refractivity contribution in [2.45, 2.75) is 61.6 Å². The highest BCUT2D eigenvalue weighted by Crippen LogP contribution is 2.26. The van der Waals surface area contributed by atoms with Gasteiger partial charge in [-0.15, -0.1) is 11.8 Å². The number of hydrogen-bond acceptors (Lipinski definition) is 4. The number of amides is 1. The van der Waals surface area contributed by atoms with Gasteiger partial charge in [-0.05, 0) is 68.7 Å². The van der Waals surface area contributed by atoms with Crippen molar-refractivity contribution in [2.24, 2.45) is 0 Å². The van der Waals surface area contributed by atoms with E-state index in [0.717, 1.165) is 4.90 Å². The van der Waals surface area contributed by atoms with Gasteiger partial charge in [-0.1, -0.05) is 26.0 Å². The number of benzene rings is 2. The molecule has 1 amide bonds. The lowest BCUT2D eigenvalue weighted by Gasteiger charge is -2.14. The molecule has 1 atom stereocenters. The molecule has 5 nitrogen and oxygen atoms in total. The third-order valence-electron chi connectivity index (χ3n) is 4.05. The summed E-state index contributed by atoms with van der Waals surface area (Å²) in [4.78, 5) is 13.7. The van der Waals surface area contributed by atoms with Crippen LogP contribution in [0.4, 0.5) is 5.69 Å². The van der Waals surface area contributed by atoms with Gasteiger partial charge in [0.1, 0.15) is 0 Å². The lowest BCUT2D eigenvalue weighted by molar-refractivity contribution is -0.115. The minimum Gasteiger partial charge on any atom is -0.325 e. The first-order chi connectivity index (χ1) is 13.1. The second kappa shape index (κ2) is 9.58. The van der Waals surface area contributed by atoms with Crippen molar-refractivity contribution in [3.63, 3.8) is 0 Å². The molecule has 0 fully saturated rings. The molecular formula is C21H28N2O3S2. The maximum Gasteiger partial charge on any atom is 0.240 e. The van der Waals surface area contributed by atoms with Crippen molar-refractivity contribution in [3.05, 3.63) is 54.1 Å². The molecule has 0 aliphatic heterocycles. The number of carbonyl (C=O) groups is 1. The summed E-state index contributed by atoms with van der Waals surface area (Å²) in [6.07, 6.45) is 0. The molecule has 0 saturated heterocycles. The highest BCUT2D eigenvalue weighted by atomic mass is 32.2. The monoisotopic (exact) mass is 420 g/mol. The van der Waals surface area contributed by atoms with E-state index in [1.807, 2.05) is 19.1 Å². The Kier molecular flexibility index (Phi) is 7.69. The SMILES string of the molecule is CC(C)NS(=O)(=O)c1ccc(NC(=O)C(C)Sc2ccc(C(C)C)cc2)cc1. The van der Waals surface area contributed by atoms with Crippen molar-refractivity contribution in [1.82, 2.24) is 4.72 Å². The second-order valence-electron chi connectivity index (χ2n) is 7.27. The Bertz CT molecular complexity index is 890. The zero-order valence-corrected chi connectivity index (χ0v) is 18.5. The van der Waals surface area contributed by atoms with Crippen LogP contribution in [0, 0.1) is 0 Å². The summed E-state index contributed by atoms with van der Waals surface area (Å²) >= 11 is 1.49. The molecule has 0 aromatic heterocycles. The van der Waals surface area contributed by atoms with Crippen molar-refractivity contribution in [3.8, 4) is 0 Å². The molecule has 0 heterocycles. The predicted octanol–water partition coefficient (Wildman–Crippen LogP) is 4.62. The molecule has 2 aromatic rings. The standard InChI is InChI=1S/C21H28N2O3S2/c1-14(2)17-6-10-19(11-7-17)27-16(5)21(24)22-18-8-12-20(13-9-18)28(25,26)23-15(3)4/h6-16,23H,1-5H3,(H,22,24). The summed E-state index contributed by atoms with van der Waals surface area (Å²) in [6.45, 7) is 9.67. The molecule has 0 bridgehead atoms. The lowest BCUT2D eigenvalue weighted by atomic mass is 10.0. The first-order valence-electron chi connectivity index (χ1n) is 9.28. The summed E-state index contributed by atoms with van der Waals surface area (Å²) in [5, 5.41) is 2.55. The highest BCUT2D eigenvalue weighted by molar-refractivity contribution is 8.00. The molecule has 0 radical (unpaired) electrons. The lowest BCUT2D eigenvalue weighted by Crippen LogP contribution is -2.30. The van der Waals surface area contributed by atoms with E-state index >= 15 is 0 Å². The van der Waals surface area contributed by atoms with Gasteiger partial charge in [0.2, 0.25) is 15.9 Å². The molecule has 2 N–H and O–H groups in total. The number of nitrogens with one attached hydrogen (secondary N) is 2. The van der Waals surface area contributed by atoms with Crippen molar-refractivity contribution >= 4 is 33.4 Å². The topological polar surface area (TPSA) is 75.3 Å². The predicted molar refractivity (Wildman–Crippen MR) is 116 cm³/mol. The molecule has 0 saturated carbocycles. The summed E-state index contributed by atoms with van der Waals surface area (Å²) in [7, 11) is -3.54. The normalized spacial score (nSPS) is 13.0. The zero-order valence-electron chi connectivity index (χ0n) is 16.9. The van der Waals surface area contributed by atoms with Gasteiger partial charge in [-0.25, -0.2) is 13.1 Å². The van der Waals surface area contributed by atoms with Gasteiger partial charge in [-0.2, -0.15) is 0 Å². The van der Waals surface area contributed by atoms with Gasteiger partial charge in [0, 0.05) is 16.6 Å². The van der Waals surface area contributed by atoms with E-state index in [1.165, 1.54) is 29.5 Å². The van der Waals surface area contributed by atoms with Gasteiger partial charge in [-0.3, -0.25) is 4.79 Å². The van der Waals surface area contributed by atoms with Crippen LogP contribution in [0.2, 0.25) is 0 Å². The van der Waals surface area contributed by atoms with E-state index in [-0.39, 0.29) is 22.1 Å². The molecule has 2 aromatic carbocycles. The molecule has 28 heavy (non-hydrogen) atoms. The minimum atomic E-state index is -3.54. The molecule has 0 spiro atoms.